The summed E-state index contributed by atoms with van der Waals surface area (Å²) in [7, 11) is 0. The molecule has 3 heteroatoms. The molecule has 0 aliphatic heterocycles. The van der Waals surface area contributed by atoms with E-state index in [2.05, 4.69) is 36.9 Å². The Morgan fingerprint density at radius 1 is 0.591 bits per heavy atom. The number of fused-ring (bicyclic) bond motifs is 5. The normalized spacial score (nSPS) is 12.0. The molecular weight excluding hydrogens is 563 g/mol. The molecule has 0 saturated carbocycles. The molecule has 7 aromatic carbocycles. The maximum atomic E-state index is 15.7. The third-order valence-electron chi connectivity index (χ3n) is 8.66. The number of benzene rings is 7. The Kier molecular flexibility index (Phi) is 6.18. The fraction of sp³-hybridized carbons (Fsp3) is 0.0244. The van der Waals surface area contributed by atoms with E-state index in [0.717, 1.165) is 64.3 Å². The summed E-state index contributed by atoms with van der Waals surface area (Å²) in [6, 6.07) is 37.3. The van der Waals surface area contributed by atoms with Gasteiger partial charge < -0.3 is 0 Å². The van der Waals surface area contributed by atoms with Gasteiger partial charge in [0.25, 0.3) is 0 Å². The minimum absolute atomic E-state index is 0.191. The molecule has 0 N–H and O–H groups in total. The highest BCUT2D eigenvalue weighted by Crippen LogP contribution is 2.46. The molecule has 0 radical (unpaired) electrons. The molecule has 210 valence electrons. The van der Waals surface area contributed by atoms with Gasteiger partial charge in [-0.3, -0.25) is 0 Å². The Hall–Kier alpha value is -5.12. The molecule has 0 spiro atoms. The average Bonchev–Trinajstić information content (AvgIpc) is 3.43. The zero-order chi connectivity index (χ0) is 29.9. The Bertz CT molecular complexity index is 2380. The van der Waals surface area contributed by atoms with Gasteiger partial charge in [0.2, 0.25) is 0 Å². The SMILES string of the molecule is C=C(c1sc2ccc(-c3c4ccccc4c(F)c4ccccc34)cc2c1/C=C\C)c1c2ccccc2c(F)c2ccccc12. The zero-order valence-corrected chi connectivity index (χ0v) is 24.8. The highest BCUT2D eigenvalue weighted by atomic mass is 32.1. The first kappa shape index (κ1) is 26.5. The molecule has 8 aromatic rings. The van der Waals surface area contributed by atoms with Crippen LogP contribution >= 0.6 is 11.3 Å². The van der Waals surface area contributed by atoms with Crippen molar-refractivity contribution in [2.24, 2.45) is 0 Å². The molecule has 0 aliphatic carbocycles. The van der Waals surface area contributed by atoms with Crippen LogP contribution in [0.15, 0.2) is 128 Å². The second kappa shape index (κ2) is 10.3. The smallest absolute Gasteiger partial charge is 0.138 e. The van der Waals surface area contributed by atoms with Crippen molar-refractivity contribution in [2.75, 3.05) is 0 Å². The molecule has 1 heterocycles. The molecule has 0 saturated heterocycles. The van der Waals surface area contributed by atoms with Crippen LogP contribution < -0.4 is 0 Å². The lowest BCUT2D eigenvalue weighted by atomic mass is 9.89. The Morgan fingerprint density at radius 2 is 1.05 bits per heavy atom. The maximum absolute atomic E-state index is 15.7. The summed E-state index contributed by atoms with van der Waals surface area (Å²) in [6.07, 6.45) is 4.19. The van der Waals surface area contributed by atoms with E-state index in [4.69, 9.17) is 0 Å². The average molecular weight is 589 g/mol. The van der Waals surface area contributed by atoms with Crippen LogP contribution in [0.2, 0.25) is 0 Å². The monoisotopic (exact) mass is 588 g/mol. The summed E-state index contributed by atoms with van der Waals surface area (Å²) < 4.78 is 32.4. The quantitative estimate of drug-likeness (QED) is 0.179. The first-order valence-electron chi connectivity index (χ1n) is 14.6. The Labute approximate surface area is 257 Å². The first-order chi connectivity index (χ1) is 21.6. The number of rotatable bonds is 4. The van der Waals surface area contributed by atoms with Gasteiger partial charge in [-0.15, -0.1) is 11.3 Å². The third-order valence-corrected chi connectivity index (χ3v) is 9.90. The van der Waals surface area contributed by atoms with Crippen LogP contribution in [0.4, 0.5) is 8.78 Å². The van der Waals surface area contributed by atoms with Crippen LogP contribution in [0.1, 0.15) is 22.9 Å². The summed E-state index contributed by atoms with van der Waals surface area (Å²) in [5, 5.41) is 7.00. The van der Waals surface area contributed by atoms with Crippen molar-refractivity contribution < 1.29 is 8.78 Å². The van der Waals surface area contributed by atoms with Crippen LogP contribution in [0, 0.1) is 11.6 Å². The van der Waals surface area contributed by atoms with Gasteiger partial charge >= 0.3 is 0 Å². The standard InChI is InChI=1S/C41H26F2S/c1-3-12-34-35-23-25(38-28-15-6-10-19-32(28)40(43)33-20-11-7-16-29(33)38)21-22-36(35)44-41(34)24(2)37-26-13-4-8-17-30(26)39(42)31-18-9-5-14-27(31)37/h3-23H,2H2,1H3/b12-3-. The minimum atomic E-state index is -0.207. The predicted molar refractivity (Wildman–Crippen MR) is 186 cm³/mol. The molecule has 1 aromatic heterocycles. The number of halogens is 2. The van der Waals surface area contributed by atoms with Crippen molar-refractivity contribution in [1.82, 2.24) is 0 Å². The molecule has 0 aliphatic rings. The molecule has 0 atom stereocenters. The summed E-state index contributed by atoms with van der Waals surface area (Å²) in [5.74, 6) is -0.398. The van der Waals surface area contributed by atoms with E-state index in [0.29, 0.717) is 21.5 Å². The molecule has 44 heavy (non-hydrogen) atoms. The fourth-order valence-electron chi connectivity index (χ4n) is 6.73. The summed E-state index contributed by atoms with van der Waals surface area (Å²) >= 11 is 1.70. The summed E-state index contributed by atoms with van der Waals surface area (Å²) in [4.78, 5) is 1.05. The summed E-state index contributed by atoms with van der Waals surface area (Å²) in [5.41, 5.74) is 4.94. The van der Waals surface area contributed by atoms with Crippen LogP contribution in [-0.2, 0) is 0 Å². The van der Waals surface area contributed by atoms with Crippen LogP contribution in [-0.4, -0.2) is 0 Å². The van der Waals surface area contributed by atoms with E-state index in [-0.39, 0.29) is 11.6 Å². The maximum Gasteiger partial charge on any atom is 0.138 e. The van der Waals surface area contributed by atoms with E-state index in [9.17, 15) is 0 Å². The second-order valence-corrected chi connectivity index (χ2v) is 12.1. The highest BCUT2D eigenvalue weighted by Gasteiger charge is 2.22. The van der Waals surface area contributed by atoms with Crippen molar-refractivity contribution >= 4 is 76.2 Å². The first-order valence-corrected chi connectivity index (χ1v) is 15.5. The van der Waals surface area contributed by atoms with E-state index in [1.54, 1.807) is 11.3 Å². The molecule has 0 fully saturated rings. The lowest BCUT2D eigenvalue weighted by Gasteiger charge is -2.15. The van der Waals surface area contributed by atoms with Gasteiger partial charge in [-0.2, -0.15) is 0 Å². The lowest BCUT2D eigenvalue weighted by molar-refractivity contribution is 0.651. The predicted octanol–water partition coefficient (Wildman–Crippen LogP) is 12.6. The second-order valence-electron chi connectivity index (χ2n) is 11.1. The van der Waals surface area contributed by atoms with Gasteiger partial charge in [0, 0.05) is 42.1 Å². The Morgan fingerprint density at radius 3 is 1.55 bits per heavy atom. The molecular formula is C41H26F2S. The number of hydrogen-bond acceptors (Lipinski definition) is 1. The van der Waals surface area contributed by atoms with Gasteiger partial charge in [0.05, 0.1) is 0 Å². The van der Waals surface area contributed by atoms with E-state index < -0.39 is 0 Å². The van der Waals surface area contributed by atoms with Crippen LogP contribution in [0.3, 0.4) is 0 Å². The number of hydrogen-bond donors (Lipinski definition) is 0. The van der Waals surface area contributed by atoms with Crippen molar-refractivity contribution in [1.29, 1.82) is 0 Å². The highest BCUT2D eigenvalue weighted by molar-refractivity contribution is 7.20. The van der Waals surface area contributed by atoms with Crippen molar-refractivity contribution in [2.45, 2.75) is 6.92 Å². The fourth-order valence-corrected chi connectivity index (χ4v) is 7.88. The van der Waals surface area contributed by atoms with Gasteiger partial charge in [0.1, 0.15) is 11.6 Å². The van der Waals surface area contributed by atoms with Crippen molar-refractivity contribution in [3.05, 3.63) is 156 Å². The molecule has 0 bridgehead atoms. The third kappa shape index (κ3) is 3.86. The number of thiophene rings is 1. The zero-order valence-electron chi connectivity index (χ0n) is 24.0. The van der Waals surface area contributed by atoms with Crippen LogP contribution in [0.25, 0.3) is 76.0 Å². The van der Waals surface area contributed by atoms with Crippen LogP contribution in [0.5, 0.6) is 0 Å². The van der Waals surface area contributed by atoms with Gasteiger partial charge in [-0.1, -0.05) is 122 Å². The summed E-state index contributed by atoms with van der Waals surface area (Å²) in [6.45, 7) is 6.67. The topological polar surface area (TPSA) is 0 Å². The minimum Gasteiger partial charge on any atom is -0.206 e. The molecule has 0 unspecified atom stereocenters. The molecule has 0 amide bonds. The van der Waals surface area contributed by atoms with Crippen molar-refractivity contribution in [3.8, 4) is 11.1 Å². The van der Waals surface area contributed by atoms with E-state index in [1.165, 1.54) is 0 Å². The van der Waals surface area contributed by atoms with Gasteiger partial charge in [0.15, 0.2) is 0 Å². The van der Waals surface area contributed by atoms with E-state index >= 15 is 8.78 Å². The number of allylic oxidation sites excluding steroid dienone is 1. The Balaban J connectivity index is 1.41. The molecule has 8 rings (SSSR count). The van der Waals surface area contributed by atoms with Crippen molar-refractivity contribution in [3.63, 3.8) is 0 Å². The largest absolute Gasteiger partial charge is 0.206 e. The lowest BCUT2D eigenvalue weighted by Crippen LogP contribution is -1.94. The van der Waals surface area contributed by atoms with Gasteiger partial charge in [-0.25, -0.2) is 8.78 Å². The molecule has 0 nitrogen and oxygen atoms in total. The van der Waals surface area contributed by atoms with E-state index in [1.807, 2.05) is 104 Å². The van der Waals surface area contributed by atoms with Gasteiger partial charge in [-0.05, 0) is 62.9 Å².